The normalized spacial score (nSPS) is 17.0. The lowest BCUT2D eigenvalue weighted by Gasteiger charge is -2.24. The summed E-state index contributed by atoms with van der Waals surface area (Å²) in [4.78, 5) is 38.1. The third kappa shape index (κ3) is 3.56. The number of rotatable bonds is 5. The first-order valence-electron chi connectivity index (χ1n) is 7.96. The molecule has 0 unspecified atom stereocenters. The van der Waals surface area contributed by atoms with Gasteiger partial charge in [-0.3, -0.25) is 19.6 Å². The number of aryl methyl sites for hydroxylation is 1. The molecule has 24 heavy (non-hydrogen) atoms. The van der Waals surface area contributed by atoms with Gasteiger partial charge in [0.15, 0.2) is 0 Å². The standard InChI is InChI=1S/C17H19N5O2/c18-16(23)7-6-12-3-1-4-13(21-12)15-5-2-10-22(15)17(24)14-11-19-8-9-20-14/h1,3-4,8-9,11,15H,2,5-7,10H2,(H2,18,23)/t15-/m0/s1. The minimum atomic E-state index is -0.345. The second-order valence-electron chi connectivity index (χ2n) is 5.77. The van der Waals surface area contributed by atoms with E-state index in [1.54, 1.807) is 11.1 Å². The summed E-state index contributed by atoms with van der Waals surface area (Å²) < 4.78 is 0. The molecule has 0 spiro atoms. The Bertz CT molecular complexity index is 735. The quantitative estimate of drug-likeness (QED) is 0.892. The molecule has 1 aliphatic heterocycles. The third-order valence-electron chi connectivity index (χ3n) is 4.09. The molecule has 2 amide bonds. The highest BCUT2D eigenvalue weighted by Crippen LogP contribution is 2.31. The van der Waals surface area contributed by atoms with Crippen LogP contribution in [0, 0.1) is 0 Å². The fourth-order valence-corrected chi connectivity index (χ4v) is 2.95. The molecule has 2 N–H and O–H groups in total. The highest BCUT2D eigenvalue weighted by Gasteiger charge is 2.32. The lowest BCUT2D eigenvalue weighted by Crippen LogP contribution is -2.31. The Morgan fingerprint density at radius 1 is 1.29 bits per heavy atom. The van der Waals surface area contributed by atoms with E-state index in [1.165, 1.54) is 12.4 Å². The summed E-state index contributed by atoms with van der Waals surface area (Å²) in [6, 6.07) is 5.62. The molecule has 1 aliphatic rings. The first-order valence-corrected chi connectivity index (χ1v) is 7.96. The van der Waals surface area contributed by atoms with E-state index in [0.717, 1.165) is 24.2 Å². The Morgan fingerprint density at radius 2 is 2.17 bits per heavy atom. The summed E-state index contributed by atoms with van der Waals surface area (Å²) in [6.07, 6.45) is 7.09. The van der Waals surface area contributed by atoms with Crippen LogP contribution in [0.2, 0.25) is 0 Å². The van der Waals surface area contributed by atoms with Gasteiger partial charge in [0.05, 0.1) is 17.9 Å². The lowest BCUT2D eigenvalue weighted by molar-refractivity contribution is -0.118. The smallest absolute Gasteiger partial charge is 0.274 e. The summed E-state index contributed by atoms with van der Waals surface area (Å²) in [5, 5.41) is 0. The number of nitrogens with zero attached hydrogens (tertiary/aromatic N) is 4. The van der Waals surface area contributed by atoms with Gasteiger partial charge in [-0.15, -0.1) is 0 Å². The van der Waals surface area contributed by atoms with Gasteiger partial charge in [0.1, 0.15) is 5.69 Å². The van der Waals surface area contributed by atoms with Crippen molar-refractivity contribution in [2.24, 2.45) is 5.73 Å². The van der Waals surface area contributed by atoms with E-state index in [4.69, 9.17) is 5.73 Å². The number of nitrogens with two attached hydrogens (primary N) is 1. The van der Waals surface area contributed by atoms with Crippen LogP contribution in [0.3, 0.4) is 0 Å². The molecule has 2 aromatic heterocycles. The van der Waals surface area contributed by atoms with Gasteiger partial charge >= 0.3 is 0 Å². The van der Waals surface area contributed by atoms with E-state index in [0.29, 0.717) is 18.7 Å². The van der Waals surface area contributed by atoms with Crippen molar-refractivity contribution in [3.8, 4) is 0 Å². The van der Waals surface area contributed by atoms with Crippen LogP contribution in [0.25, 0.3) is 0 Å². The Labute approximate surface area is 139 Å². The fraction of sp³-hybridized carbons (Fsp3) is 0.353. The Morgan fingerprint density at radius 3 is 2.92 bits per heavy atom. The maximum Gasteiger partial charge on any atom is 0.274 e. The van der Waals surface area contributed by atoms with E-state index >= 15 is 0 Å². The minimum Gasteiger partial charge on any atom is -0.370 e. The van der Waals surface area contributed by atoms with Crippen molar-refractivity contribution in [1.29, 1.82) is 0 Å². The maximum absolute atomic E-state index is 12.7. The van der Waals surface area contributed by atoms with Crippen molar-refractivity contribution in [1.82, 2.24) is 19.9 Å². The first kappa shape index (κ1) is 16.0. The molecule has 7 nitrogen and oxygen atoms in total. The van der Waals surface area contributed by atoms with Crippen LogP contribution in [0.1, 0.15) is 47.2 Å². The van der Waals surface area contributed by atoms with Gasteiger partial charge in [-0.2, -0.15) is 0 Å². The van der Waals surface area contributed by atoms with Crippen molar-refractivity contribution in [2.45, 2.75) is 31.7 Å². The van der Waals surface area contributed by atoms with Crippen molar-refractivity contribution in [3.05, 3.63) is 53.9 Å². The molecule has 0 aliphatic carbocycles. The zero-order chi connectivity index (χ0) is 16.9. The summed E-state index contributed by atoms with van der Waals surface area (Å²) in [5.41, 5.74) is 7.19. The molecule has 3 heterocycles. The van der Waals surface area contributed by atoms with E-state index in [-0.39, 0.29) is 24.3 Å². The summed E-state index contributed by atoms with van der Waals surface area (Å²) >= 11 is 0. The van der Waals surface area contributed by atoms with Gasteiger partial charge in [-0.1, -0.05) is 6.07 Å². The Hall–Kier alpha value is -2.83. The van der Waals surface area contributed by atoms with E-state index in [2.05, 4.69) is 15.0 Å². The number of carbonyl (C=O) groups is 2. The van der Waals surface area contributed by atoms with Crippen LogP contribution in [-0.4, -0.2) is 38.2 Å². The number of hydrogen-bond acceptors (Lipinski definition) is 5. The number of carbonyl (C=O) groups excluding carboxylic acids is 2. The molecule has 1 atom stereocenters. The average molecular weight is 325 g/mol. The van der Waals surface area contributed by atoms with Crippen molar-refractivity contribution >= 4 is 11.8 Å². The van der Waals surface area contributed by atoms with Crippen LogP contribution >= 0.6 is 0 Å². The monoisotopic (exact) mass is 325 g/mol. The molecule has 0 saturated carbocycles. The van der Waals surface area contributed by atoms with E-state index in [1.807, 2.05) is 18.2 Å². The molecule has 2 aromatic rings. The molecule has 124 valence electrons. The summed E-state index contributed by atoms with van der Waals surface area (Å²) in [7, 11) is 0. The molecule has 1 fully saturated rings. The first-order chi connectivity index (χ1) is 11.6. The highest BCUT2D eigenvalue weighted by molar-refractivity contribution is 5.92. The van der Waals surface area contributed by atoms with Gasteiger partial charge in [0.25, 0.3) is 5.91 Å². The lowest BCUT2D eigenvalue weighted by atomic mass is 10.1. The zero-order valence-corrected chi connectivity index (χ0v) is 13.3. The third-order valence-corrected chi connectivity index (χ3v) is 4.09. The van der Waals surface area contributed by atoms with E-state index in [9.17, 15) is 9.59 Å². The second kappa shape index (κ2) is 7.16. The second-order valence-corrected chi connectivity index (χ2v) is 5.77. The molecule has 0 bridgehead atoms. The highest BCUT2D eigenvalue weighted by atomic mass is 16.2. The SMILES string of the molecule is NC(=O)CCc1cccc([C@@H]2CCCN2C(=O)c2cnccn2)n1. The van der Waals surface area contributed by atoms with Gasteiger partial charge in [0, 0.05) is 31.1 Å². The number of hydrogen-bond donors (Lipinski definition) is 1. The molecule has 7 heteroatoms. The molecule has 0 radical (unpaired) electrons. The molecule has 0 aromatic carbocycles. The minimum absolute atomic E-state index is 0.0759. The average Bonchev–Trinajstić information content (AvgIpc) is 3.10. The number of primary amides is 1. The van der Waals surface area contributed by atoms with Crippen LogP contribution < -0.4 is 5.73 Å². The number of aromatic nitrogens is 3. The number of amides is 2. The molecular formula is C17H19N5O2. The Balaban J connectivity index is 1.79. The van der Waals surface area contributed by atoms with Crippen LogP contribution in [0.4, 0.5) is 0 Å². The van der Waals surface area contributed by atoms with Gasteiger partial charge in [-0.05, 0) is 31.4 Å². The van der Waals surface area contributed by atoms with Crippen molar-refractivity contribution in [3.63, 3.8) is 0 Å². The molecule has 1 saturated heterocycles. The topological polar surface area (TPSA) is 102 Å². The predicted octanol–water partition coefficient (Wildman–Crippen LogP) is 1.27. The van der Waals surface area contributed by atoms with Crippen molar-refractivity contribution in [2.75, 3.05) is 6.54 Å². The molecular weight excluding hydrogens is 306 g/mol. The fourth-order valence-electron chi connectivity index (χ4n) is 2.95. The molecule has 3 rings (SSSR count). The van der Waals surface area contributed by atoms with Crippen LogP contribution in [-0.2, 0) is 11.2 Å². The maximum atomic E-state index is 12.7. The predicted molar refractivity (Wildman–Crippen MR) is 86.8 cm³/mol. The van der Waals surface area contributed by atoms with Gasteiger partial charge in [0.2, 0.25) is 5.91 Å². The van der Waals surface area contributed by atoms with Gasteiger partial charge in [-0.25, -0.2) is 4.98 Å². The van der Waals surface area contributed by atoms with Crippen LogP contribution in [0.5, 0.6) is 0 Å². The summed E-state index contributed by atoms with van der Waals surface area (Å²) in [5.74, 6) is -0.475. The Kier molecular flexibility index (Phi) is 4.79. The zero-order valence-electron chi connectivity index (χ0n) is 13.3. The number of pyridine rings is 1. The van der Waals surface area contributed by atoms with Crippen LogP contribution in [0.15, 0.2) is 36.8 Å². The summed E-state index contributed by atoms with van der Waals surface area (Å²) in [6.45, 7) is 0.674. The van der Waals surface area contributed by atoms with Gasteiger partial charge < -0.3 is 10.6 Å². The largest absolute Gasteiger partial charge is 0.370 e. The number of likely N-dealkylation sites (tertiary alicyclic amines) is 1. The van der Waals surface area contributed by atoms with Crippen molar-refractivity contribution < 1.29 is 9.59 Å². The van der Waals surface area contributed by atoms with E-state index < -0.39 is 0 Å².